The van der Waals surface area contributed by atoms with Crippen LogP contribution in [-0.4, -0.2) is 17.0 Å². The van der Waals surface area contributed by atoms with Crippen molar-refractivity contribution in [2.45, 2.75) is 6.54 Å². The zero-order valence-electron chi connectivity index (χ0n) is 9.62. The van der Waals surface area contributed by atoms with E-state index >= 15 is 0 Å². The smallest absolute Gasteiger partial charge is 0.312 e. The molecule has 0 atom stereocenters. The minimum Gasteiger partial charge on any atom is -0.490 e. The summed E-state index contributed by atoms with van der Waals surface area (Å²) in [4.78, 5) is 14.1. The van der Waals surface area contributed by atoms with Crippen molar-refractivity contribution in [1.82, 2.24) is 4.98 Å². The van der Waals surface area contributed by atoms with Crippen LogP contribution in [0.3, 0.4) is 0 Å². The minimum atomic E-state index is -0.488. The Balaban J connectivity index is 2.14. The molecule has 1 heterocycles. The molecule has 94 valence electrons. The van der Waals surface area contributed by atoms with E-state index in [1.54, 1.807) is 18.3 Å². The summed E-state index contributed by atoms with van der Waals surface area (Å²) in [5.74, 6) is 0.874. The second-order valence-corrected chi connectivity index (χ2v) is 3.47. The Labute approximate surface area is 103 Å². The van der Waals surface area contributed by atoms with E-state index in [1.165, 1.54) is 19.6 Å². The molecule has 0 unspecified atom stereocenters. The summed E-state index contributed by atoms with van der Waals surface area (Å²) in [5, 5.41) is 13.8. The van der Waals surface area contributed by atoms with E-state index < -0.39 is 4.92 Å². The lowest BCUT2D eigenvalue weighted by Crippen LogP contribution is -2.00. The molecule has 0 fully saturated rings. The highest BCUT2D eigenvalue weighted by molar-refractivity contribution is 5.58. The molecule has 2 rings (SSSR count). The van der Waals surface area contributed by atoms with Crippen molar-refractivity contribution < 1.29 is 14.1 Å². The number of anilines is 1. The normalized spacial score (nSPS) is 10.1. The molecule has 1 aromatic heterocycles. The first kappa shape index (κ1) is 11.9. The molecule has 0 spiro atoms. The van der Waals surface area contributed by atoms with Crippen LogP contribution in [0.25, 0.3) is 0 Å². The highest BCUT2D eigenvalue weighted by atomic mass is 16.6. The van der Waals surface area contributed by atoms with Gasteiger partial charge in [0.2, 0.25) is 0 Å². The van der Waals surface area contributed by atoms with Gasteiger partial charge in [0.05, 0.1) is 24.8 Å². The number of nitrogens with zero attached hydrogens (tertiary/aromatic N) is 2. The maximum atomic E-state index is 10.8. The fourth-order valence-corrected chi connectivity index (χ4v) is 1.46. The molecule has 0 saturated carbocycles. The van der Waals surface area contributed by atoms with Gasteiger partial charge in [-0.1, -0.05) is 0 Å². The summed E-state index contributed by atoms with van der Waals surface area (Å²) in [5.41, 5.74) is 0.527. The second kappa shape index (κ2) is 5.17. The highest BCUT2D eigenvalue weighted by Crippen LogP contribution is 2.29. The van der Waals surface area contributed by atoms with Crippen LogP contribution in [0.4, 0.5) is 11.4 Å². The fraction of sp³-hybridized carbons (Fsp3) is 0.182. The van der Waals surface area contributed by atoms with Gasteiger partial charge in [0.15, 0.2) is 12.1 Å². The zero-order valence-corrected chi connectivity index (χ0v) is 9.62. The van der Waals surface area contributed by atoms with Gasteiger partial charge < -0.3 is 14.5 Å². The van der Waals surface area contributed by atoms with E-state index in [4.69, 9.17) is 9.15 Å². The molecule has 0 aliphatic heterocycles. The number of hydrogen-bond donors (Lipinski definition) is 1. The summed E-state index contributed by atoms with van der Waals surface area (Å²) in [6, 6.07) is 4.65. The number of aromatic nitrogens is 1. The average molecular weight is 249 g/mol. The molecule has 0 amide bonds. The molecule has 7 heteroatoms. The van der Waals surface area contributed by atoms with Crippen LogP contribution in [0.5, 0.6) is 5.75 Å². The topological polar surface area (TPSA) is 90.4 Å². The standard InChI is InChI=1S/C11H11N3O4/c1-17-11-3-2-8(4-10(11)14(15)16)13-6-9-5-12-7-18-9/h2-5,7,13H,6H2,1H3. The molecular weight excluding hydrogens is 238 g/mol. The van der Waals surface area contributed by atoms with Gasteiger partial charge in [0.25, 0.3) is 0 Å². The van der Waals surface area contributed by atoms with E-state index in [0.717, 1.165) is 0 Å². The van der Waals surface area contributed by atoms with Crippen molar-refractivity contribution in [3.05, 3.63) is 46.7 Å². The van der Waals surface area contributed by atoms with Crippen molar-refractivity contribution in [2.24, 2.45) is 0 Å². The Morgan fingerprint density at radius 3 is 3.00 bits per heavy atom. The third-order valence-electron chi connectivity index (χ3n) is 2.33. The number of nitrogens with one attached hydrogen (secondary N) is 1. The van der Waals surface area contributed by atoms with E-state index in [0.29, 0.717) is 18.0 Å². The van der Waals surface area contributed by atoms with Crippen molar-refractivity contribution in [2.75, 3.05) is 12.4 Å². The lowest BCUT2D eigenvalue weighted by atomic mass is 10.2. The first-order valence-electron chi connectivity index (χ1n) is 5.14. The van der Waals surface area contributed by atoms with Gasteiger partial charge >= 0.3 is 5.69 Å². The van der Waals surface area contributed by atoms with Gasteiger partial charge in [-0.25, -0.2) is 4.98 Å². The second-order valence-electron chi connectivity index (χ2n) is 3.47. The summed E-state index contributed by atoms with van der Waals surface area (Å²) in [6.45, 7) is 0.406. The third-order valence-corrected chi connectivity index (χ3v) is 2.33. The van der Waals surface area contributed by atoms with Crippen LogP contribution in [0.1, 0.15) is 5.76 Å². The maximum absolute atomic E-state index is 10.8. The maximum Gasteiger partial charge on any atom is 0.312 e. The van der Waals surface area contributed by atoms with Crippen molar-refractivity contribution in [3.63, 3.8) is 0 Å². The van der Waals surface area contributed by atoms with Gasteiger partial charge in [-0.05, 0) is 12.1 Å². The zero-order chi connectivity index (χ0) is 13.0. The molecule has 0 aliphatic rings. The number of nitro groups is 1. The summed E-state index contributed by atoms with van der Waals surface area (Å²) in [7, 11) is 1.39. The molecule has 2 aromatic rings. The van der Waals surface area contributed by atoms with Gasteiger partial charge in [0, 0.05) is 11.8 Å². The van der Waals surface area contributed by atoms with Crippen LogP contribution >= 0.6 is 0 Å². The molecule has 18 heavy (non-hydrogen) atoms. The van der Waals surface area contributed by atoms with Crippen LogP contribution in [0, 0.1) is 10.1 Å². The molecule has 0 radical (unpaired) electrons. The molecule has 0 bridgehead atoms. The molecule has 1 N–H and O–H groups in total. The Bertz CT molecular complexity index is 539. The first-order valence-corrected chi connectivity index (χ1v) is 5.14. The Morgan fingerprint density at radius 1 is 1.56 bits per heavy atom. The van der Waals surface area contributed by atoms with Gasteiger partial charge in [-0.3, -0.25) is 10.1 Å². The average Bonchev–Trinajstić information content (AvgIpc) is 2.89. The SMILES string of the molecule is COc1ccc(NCc2cnco2)cc1[N+](=O)[O-]. The van der Waals surface area contributed by atoms with E-state index in [-0.39, 0.29) is 11.4 Å². The van der Waals surface area contributed by atoms with Crippen molar-refractivity contribution in [3.8, 4) is 5.75 Å². The van der Waals surface area contributed by atoms with E-state index in [2.05, 4.69) is 10.3 Å². The molecule has 1 aromatic carbocycles. The number of ether oxygens (including phenoxy) is 1. The van der Waals surface area contributed by atoms with Crippen molar-refractivity contribution >= 4 is 11.4 Å². The molecule has 7 nitrogen and oxygen atoms in total. The van der Waals surface area contributed by atoms with Crippen LogP contribution in [0.2, 0.25) is 0 Å². The van der Waals surface area contributed by atoms with E-state index in [9.17, 15) is 10.1 Å². The number of benzene rings is 1. The van der Waals surface area contributed by atoms with Gasteiger partial charge in [0.1, 0.15) is 5.76 Å². The number of methoxy groups -OCH3 is 1. The molecule has 0 aliphatic carbocycles. The monoisotopic (exact) mass is 249 g/mol. The predicted molar refractivity (Wildman–Crippen MR) is 63.5 cm³/mol. The fourth-order valence-electron chi connectivity index (χ4n) is 1.46. The Hall–Kier alpha value is -2.57. The largest absolute Gasteiger partial charge is 0.490 e. The summed E-state index contributed by atoms with van der Waals surface area (Å²) < 4.78 is 9.96. The first-order chi connectivity index (χ1) is 8.70. The number of rotatable bonds is 5. The predicted octanol–water partition coefficient (Wildman–Crippen LogP) is 2.20. The number of nitro benzene ring substituents is 1. The quantitative estimate of drug-likeness (QED) is 0.645. The third kappa shape index (κ3) is 2.57. The summed E-state index contributed by atoms with van der Waals surface area (Å²) in [6.07, 6.45) is 2.90. The molecule has 0 saturated heterocycles. The number of hydrogen-bond acceptors (Lipinski definition) is 6. The lowest BCUT2D eigenvalue weighted by Gasteiger charge is -2.06. The van der Waals surface area contributed by atoms with E-state index in [1.807, 2.05) is 0 Å². The molecular formula is C11H11N3O4. The van der Waals surface area contributed by atoms with Crippen LogP contribution in [-0.2, 0) is 6.54 Å². The van der Waals surface area contributed by atoms with Crippen LogP contribution < -0.4 is 10.1 Å². The minimum absolute atomic E-state index is 0.0833. The van der Waals surface area contributed by atoms with Crippen molar-refractivity contribution in [1.29, 1.82) is 0 Å². The van der Waals surface area contributed by atoms with Gasteiger partial charge in [-0.2, -0.15) is 0 Å². The van der Waals surface area contributed by atoms with Gasteiger partial charge in [-0.15, -0.1) is 0 Å². The lowest BCUT2D eigenvalue weighted by molar-refractivity contribution is -0.385. The summed E-state index contributed by atoms with van der Waals surface area (Å²) >= 11 is 0. The Kier molecular flexibility index (Phi) is 3.42. The van der Waals surface area contributed by atoms with Crippen LogP contribution in [0.15, 0.2) is 35.2 Å². The highest BCUT2D eigenvalue weighted by Gasteiger charge is 2.15. The number of oxazole rings is 1. The Morgan fingerprint density at radius 2 is 2.39 bits per heavy atom.